The molecule has 7 nitrogen and oxygen atoms in total. The summed E-state index contributed by atoms with van der Waals surface area (Å²) in [4.78, 5) is 49.9. The van der Waals surface area contributed by atoms with E-state index in [1.165, 1.54) is 6.92 Å². The molecule has 2 rings (SSSR count). The van der Waals surface area contributed by atoms with Gasteiger partial charge < -0.3 is 10.6 Å². The van der Waals surface area contributed by atoms with Crippen LogP contribution in [0.1, 0.15) is 54.3 Å². The van der Waals surface area contributed by atoms with E-state index in [0.717, 1.165) is 17.7 Å². The summed E-state index contributed by atoms with van der Waals surface area (Å²) in [6, 6.07) is 5.60. The van der Waals surface area contributed by atoms with Crippen LogP contribution in [0.25, 0.3) is 0 Å². The van der Waals surface area contributed by atoms with Gasteiger partial charge in [0.25, 0.3) is 11.8 Å². The molecule has 26 heavy (non-hydrogen) atoms. The Hall–Kier alpha value is -2.70. The van der Waals surface area contributed by atoms with Crippen LogP contribution < -0.4 is 10.6 Å². The molecule has 2 N–H and O–H groups in total. The Kier molecular flexibility index (Phi) is 6.49. The van der Waals surface area contributed by atoms with Crippen molar-refractivity contribution in [2.75, 3.05) is 13.1 Å². The highest BCUT2D eigenvalue weighted by Gasteiger charge is 2.40. The lowest BCUT2D eigenvalue weighted by atomic mass is 10.0. The van der Waals surface area contributed by atoms with Gasteiger partial charge >= 0.3 is 0 Å². The maximum absolute atomic E-state index is 12.4. The molecule has 0 bridgehead atoms. The number of nitrogens with zero attached hydrogens (tertiary/aromatic N) is 1. The lowest BCUT2D eigenvalue weighted by Crippen LogP contribution is -2.49. The molecule has 0 radical (unpaired) electrons. The van der Waals surface area contributed by atoms with Crippen molar-refractivity contribution in [1.82, 2.24) is 15.5 Å². The van der Waals surface area contributed by atoms with Crippen LogP contribution >= 0.6 is 0 Å². The predicted octanol–water partition coefficient (Wildman–Crippen LogP) is 1.34. The molecule has 1 aliphatic rings. The van der Waals surface area contributed by atoms with E-state index < -0.39 is 23.8 Å². The number of benzene rings is 1. The van der Waals surface area contributed by atoms with E-state index in [-0.39, 0.29) is 18.4 Å². The maximum Gasteiger partial charge on any atom is 0.262 e. The molecule has 1 aromatic rings. The molecule has 0 aromatic heterocycles. The second kappa shape index (κ2) is 8.60. The zero-order valence-electron chi connectivity index (χ0n) is 15.4. The van der Waals surface area contributed by atoms with E-state index in [1.807, 2.05) is 13.8 Å². The van der Waals surface area contributed by atoms with Gasteiger partial charge in [0.2, 0.25) is 11.8 Å². The SMILES string of the molecule is CCC(CC)C(=O)NCCNC(=O)C(C)N1C(=O)c2ccccc2C1=O. The zero-order valence-corrected chi connectivity index (χ0v) is 15.4. The molecule has 4 amide bonds. The van der Waals surface area contributed by atoms with Gasteiger partial charge in [-0.1, -0.05) is 26.0 Å². The van der Waals surface area contributed by atoms with Crippen LogP contribution in [0.15, 0.2) is 24.3 Å². The quantitative estimate of drug-likeness (QED) is 0.541. The number of carbonyl (C=O) groups excluding carboxylic acids is 4. The van der Waals surface area contributed by atoms with Crippen LogP contribution in [0.4, 0.5) is 0 Å². The summed E-state index contributed by atoms with van der Waals surface area (Å²) in [5, 5.41) is 5.44. The first-order chi connectivity index (χ1) is 12.4. The van der Waals surface area contributed by atoms with Gasteiger partial charge in [-0.05, 0) is 31.9 Å². The van der Waals surface area contributed by atoms with Gasteiger partial charge in [0.15, 0.2) is 0 Å². The minimum Gasteiger partial charge on any atom is -0.354 e. The number of carbonyl (C=O) groups is 4. The van der Waals surface area contributed by atoms with E-state index >= 15 is 0 Å². The highest BCUT2D eigenvalue weighted by atomic mass is 16.2. The van der Waals surface area contributed by atoms with Gasteiger partial charge in [0.1, 0.15) is 6.04 Å². The van der Waals surface area contributed by atoms with Gasteiger partial charge in [-0.15, -0.1) is 0 Å². The molecular weight excluding hydrogens is 334 g/mol. The first kappa shape index (κ1) is 19.6. The highest BCUT2D eigenvalue weighted by molar-refractivity contribution is 6.22. The molecule has 0 fully saturated rings. The second-order valence-electron chi connectivity index (χ2n) is 6.30. The van der Waals surface area contributed by atoms with Crippen molar-refractivity contribution in [2.45, 2.75) is 39.7 Å². The van der Waals surface area contributed by atoms with Crippen LogP contribution in [0.2, 0.25) is 0 Å². The van der Waals surface area contributed by atoms with Crippen molar-refractivity contribution < 1.29 is 19.2 Å². The Bertz CT molecular complexity index is 677. The molecule has 0 saturated heterocycles. The Morgan fingerprint density at radius 3 is 1.85 bits per heavy atom. The number of amides is 4. The van der Waals surface area contributed by atoms with Gasteiger partial charge in [-0.25, -0.2) is 0 Å². The molecule has 0 aliphatic carbocycles. The van der Waals surface area contributed by atoms with Crippen molar-refractivity contribution in [3.8, 4) is 0 Å². The summed E-state index contributed by atoms with van der Waals surface area (Å²) < 4.78 is 0. The number of hydrogen-bond acceptors (Lipinski definition) is 4. The van der Waals surface area contributed by atoms with E-state index in [2.05, 4.69) is 10.6 Å². The number of imide groups is 1. The standard InChI is InChI=1S/C19H25N3O4/c1-4-13(5-2)17(24)21-11-10-20-16(23)12(3)22-18(25)14-8-6-7-9-15(14)19(22)26/h6-9,12-13H,4-5,10-11H2,1-3H3,(H,20,23)(H,21,24). The third-order valence-corrected chi connectivity index (χ3v) is 4.67. The van der Waals surface area contributed by atoms with E-state index in [1.54, 1.807) is 24.3 Å². The number of nitrogens with one attached hydrogen (secondary N) is 2. The summed E-state index contributed by atoms with van der Waals surface area (Å²) in [5.41, 5.74) is 0.629. The molecule has 0 spiro atoms. The average molecular weight is 359 g/mol. The van der Waals surface area contributed by atoms with Gasteiger partial charge in [0, 0.05) is 19.0 Å². The Morgan fingerprint density at radius 2 is 1.38 bits per heavy atom. The third-order valence-electron chi connectivity index (χ3n) is 4.67. The fraction of sp³-hybridized carbons (Fsp3) is 0.474. The fourth-order valence-corrected chi connectivity index (χ4v) is 3.00. The summed E-state index contributed by atoms with van der Waals surface area (Å²) in [7, 11) is 0. The monoisotopic (exact) mass is 359 g/mol. The topological polar surface area (TPSA) is 95.6 Å². The number of hydrogen-bond donors (Lipinski definition) is 2. The van der Waals surface area contributed by atoms with Gasteiger partial charge in [0.05, 0.1) is 11.1 Å². The van der Waals surface area contributed by atoms with Gasteiger partial charge in [-0.2, -0.15) is 0 Å². The molecule has 7 heteroatoms. The van der Waals surface area contributed by atoms with Crippen LogP contribution in [0.3, 0.4) is 0 Å². The lowest BCUT2D eigenvalue weighted by molar-refractivity contribution is -0.126. The normalized spacial score (nSPS) is 14.4. The van der Waals surface area contributed by atoms with Gasteiger partial charge in [-0.3, -0.25) is 24.1 Å². The molecule has 1 aromatic carbocycles. The van der Waals surface area contributed by atoms with Crippen molar-refractivity contribution in [2.24, 2.45) is 5.92 Å². The van der Waals surface area contributed by atoms with E-state index in [0.29, 0.717) is 17.7 Å². The third kappa shape index (κ3) is 3.92. The van der Waals surface area contributed by atoms with Crippen molar-refractivity contribution >= 4 is 23.6 Å². The first-order valence-corrected chi connectivity index (χ1v) is 8.94. The molecular formula is C19H25N3O4. The lowest BCUT2D eigenvalue weighted by Gasteiger charge is -2.21. The van der Waals surface area contributed by atoms with Crippen molar-refractivity contribution in [3.05, 3.63) is 35.4 Å². The first-order valence-electron chi connectivity index (χ1n) is 8.94. The molecule has 1 atom stereocenters. The molecule has 1 aliphatic heterocycles. The summed E-state index contributed by atoms with van der Waals surface area (Å²) in [6.45, 7) is 5.96. The Balaban J connectivity index is 1.86. The summed E-state index contributed by atoms with van der Waals surface area (Å²) in [5.74, 6) is -1.41. The van der Waals surface area contributed by atoms with E-state index in [9.17, 15) is 19.2 Å². The van der Waals surface area contributed by atoms with Crippen LogP contribution in [-0.2, 0) is 9.59 Å². The largest absolute Gasteiger partial charge is 0.354 e. The maximum atomic E-state index is 12.4. The average Bonchev–Trinajstić information content (AvgIpc) is 2.90. The highest BCUT2D eigenvalue weighted by Crippen LogP contribution is 2.24. The van der Waals surface area contributed by atoms with Crippen LogP contribution in [0, 0.1) is 5.92 Å². The minimum absolute atomic E-state index is 0.0250. The van der Waals surface area contributed by atoms with Crippen molar-refractivity contribution in [3.63, 3.8) is 0 Å². The second-order valence-corrected chi connectivity index (χ2v) is 6.30. The molecule has 0 saturated carbocycles. The molecule has 1 heterocycles. The zero-order chi connectivity index (χ0) is 19.3. The number of fused-ring (bicyclic) bond motifs is 1. The summed E-state index contributed by atoms with van der Waals surface area (Å²) >= 11 is 0. The fourth-order valence-electron chi connectivity index (χ4n) is 3.00. The molecule has 140 valence electrons. The predicted molar refractivity (Wildman–Crippen MR) is 96.5 cm³/mol. The summed E-state index contributed by atoms with van der Waals surface area (Å²) in [6.07, 6.45) is 1.54. The minimum atomic E-state index is -0.919. The smallest absolute Gasteiger partial charge is 0.262 e. The van der Waals surface area contributed by atoms with E-state index in [4.69, 9.17) is 0 Å². The van der Waals surface area contributed by atoms with Crippen molar-refractivity contribution in [1.29, 1.82) is 0 Å². The number of rotatable bonds is 8. The van der Waals surface area contributed by atoms with Crippen LogP contribution in [0.5, 0.6) is 0 Å². The van der Waals surface area contributed by atoms with Crippen LogP contribution in [-0.4, -0.2) is 47.7 Å². The Labute approximate surface area is 153 Å². The molecule has 1 unspecified atom stereocenters. The Morgan fingerprint density at radius 1 is 0.923 bits per heavy atom.